The number of aromatic nitrogens is 2. The molecule has 3 nitrogen and oxygen atoms in total. The second-order valence-corrected chi connectivity index (χ2v) is 3.45. The number of fused-ring (bicyclic) bond motifs is 3. The molecule has 0 aliphatic heterocycles. The standard InChI is InChI=1S/C12H8N2O/c15-7-8-3-4-11-10(6-8)9-2-1-5-13-12(9)14-11/h1-7H,(H,13,14). The summed E-state index contributed by atoms with van der Waals surface area (Å²) in [6.07, 6.45) is 2.60. The third kappa shape index (κ3) is 1.13. The molecule has 0 saturated carbocycles. The Morgan fingerprint density at radius 2 is 2.13 bits per heavy atom. The monoisotopic (exact) mass is 196 g/mol. The van der Waals surface area contributed by atoms with Gasteiger partial charge in [-0.15, -0.1) is 0 Å². The number of benzene rings is 1. The van der Waals surface area contributed by atoms with Crippen molar-refractivity contribution in [3.8, 4) is 0 Å². The van der Waals surface area contributed by atoms with Gasteiger partial charge in [-0.3, -0.25) is 4.79 Å². The van der Waals surface area contributed by atoms with Crippen LogP contribution in [0.3, 0.4) is 0 Å². The van der Waals surface area contributed by atoms with E-state index in [1.165, 1.54) is 0 Å². The molecule has 0 unspecified atom stereocenters. The summed E-state index contributed by atoms with van der Waals surface area (Å²) < 4.78 is 0. The molecule has 2 aromatic heterocycles. The van der Waals surface area contributed by atoms with Crippen molar-refractivity contribution < 1.29 is 4.79 Å². The van der Waals surface area contributed by atoms with Gasteiger partial charge in [-0.1, -0.05) is 0 Å². The molecule has 3 aromatic rings. The van der Waals surface area contributed by atoms with Crippen molar-refractivity contribution in [2.75, 3.05) is 0 Å². The molecule has 0 radical (unpaired) electrons. The molecule has 0 bridgehead atoms. The van der Waals surface area contributed by atoms with E-state index in [1.807, 2.05) is 24.3 Å². The van der Waals surface area contributed by atoms with Gasteiger partial charge in [-0.05, 0) is 30.3 Å². The van der Waals surface area contributed by atoms with E-state index in [0.29, 0.717) is 5.56 Å². The van der Waals surface area contributed by atoms with Gasteiger partial charge in [0.25, 0.3) is 0 Å². The summed E-state index contributed by atoms with van der Waals surface area (Å²) >= 11 is 0. The van der Waals surface area contributed by atoms with E-state index < -0.39 is 0 Å². The van der Waals surface area contributed by atoms with Crippen molar-refractivity contribution >= 4 is 28.2 Å². The number of carbonyl (C=O) groups excluding carboxylic acids is 1. The number of pyridine rings is 1. The van der Waals surface area contributed by atoms with Gasteiger partial charge in [-0.25, -0.2) is 4.98 Å². The molecule has 0 aliphatic carbocycles. The fourth-order valence-corrected chi connectivity index (χ4v) is 1.82. The number of hydrogen-bond acceptors (Lipinski definition) is 2. The van der Waals surface area contributed by atoms with Gasteiger partial charge in [0.15, 0.2) is 0 Å². The third-order valence-corrected chi connectivity index (χ3v) is 2.53. The van der Waals surface area contributed by atoms with Gasteiger partial charge in [0, 0.05) is 28.0 Å². The Morgan fingerprint density at radius 3 is 3.00 bits per heavy atom. The fourth-order valence-electron chi connectivity index (χ4n) is 1.82. The maximum Gasteiger partial charge on any atom is 0.150 e. The summed E-state index contributed by atoms with van der Waals surface area (Å²) in [4.78, 5) is 18.1. The van der Waals surface area contributed by atoms with E-state index in [9.17, 15) is 4.79 Å². The van der Waals surface area contributed by atoms with Crippen LogP contribution in [-0.4, -0.2) is 16.3 Å². The second kappa shape index (κ2) is 2.92. The highest BCUT2D eigenvalue weighted by Gasteiger charge is 2.04. The van der Waals surface area contributed by atoms with Crippen LogP contribution in [0.4, 0.5) is 0 Å². The number of aldehydes is 1. The lowest BCUT2D eigenvalue weighted by molar-refractivity contribution is 0.112. The van der Waals surface area contributed by atoms with Crippen LogP contribution in [0.25, 0.3) is 21.9 Å². The minimum atomic E-state index is 0.687. The Labute approximate surface area is 85.8 Å². The lowest BCUT2D eigenvalue weighted by Crippen LogP contribution is -1.77. The van der Waals surface area contributed by atoms with Crippen LogP contribution in [0.2, 0.25) is 0 Å². The zero-order chi connectivity index (χ0) is 10.3. The number of H-pyrrole nitrogens is 1. The molecule has 2 heterocycles. The second-order valence-electron chi connectivity index (χ2n) is 3.45. The molecule has 0 saturated heterocycles. The molecule has 0 atom stereocenters. The Hall–Kier alpha value is -2.16. The van der Waals surface area contributed by atoms with Crippen LogP contribution in [0, 0.1) is 0 Å². The summed E-state index contributed by atoms with van der Waals surface area (Å²) in [5, 5.41) is 2.10. The van der Waals surface area contributed by atoms with E-state index in [2.05, 4.69) is 9.97 Å². The highest BCUT2D eigenvalue weighted by Crippen LogP contribution is 2.24. The zero-order valence-corrected chi connectivity index (χ0v) is 7.90. The summed E-state index contributed by atoms with van der Waals surface area (Å²) in [5.74, 6) is 0. The Morgan fingerprint density at radius 1 is 1.20 bits per heavy atom. The van der Waals surface area contributed by atoms with Crippen molar-refractivity contribution in [3.63, 3.8) is 0 Å². The lowest BCUT2D eigenvalue weighted by Gasteiger charge is -1.91. The van der Waals surface area contributed by atoms with Crippen LogP contribution in [0.15, 0.2) is 36.5 Å². The molecule has 0 amide bonds. The van der Waals surface area contributed by atoms with Gasteiger partial charge in [0.1, 0.15) is 11.9 Å². The SMILES string of the molecule is O=Cc1ccc2[nH]c3ncccc3c2c1. The normalized spacial score (nSPS) is 10.9. The van der Waals surface area contributed by atoms with E-state index in [0.717, 1.165) is 28.2 Å². The van der Waals surface area contributed by atoms with E-state index in [1.54, 1.807) is 12.3 Å². The molecule has 1 N–H and O–H groups in total. The number of nitrogens with zero attached hydrogens (tertiary/aromatic N) is 1. The smallest absolute Gasteiger partial charge is 0.150 e. The largest absolute Gasteiger partial charge is 0.339 e. The van der Waals surface area contributed by atoms with Crippen molar-refractivity contribution in [1.82, 2.24) is 9.97 Å². The first-order valence-corrected chi connectivity index (χ1v) is 4.70. The lowest BCUT2D eigenvalue weighted by atomic mass is 10.1. The average Bonchev–Trinajstić information content (AvgIpc) is 2.66. The maximum atomic E-state index is 10.7. The van der Waals surface area contributed by atoms with E-state index >= 15 is 0 Å². The number of carbonyl (C=O) groups is 1. The minimum Gasteiger partial charge on any atom is -0.339 e. The van der Waals surface area contributed by atoms with Crippen LogP contribution >= 0.6 is 0 Å². The van der Waals surface area contributed by atoms with Crippen molar-refractivity contribution in [3.05, 3.63) is 42.1 Å². The molecule has 0 aliphatic rings. The maximum absolute atomic E-state index is 10.7. The average molecular weight is 196 g/mol. The van der Waals surface area contributed by atoms with E-state index in [4.69, 9.17) is 0 Å². The molecule has 0 fully saturated rings. The Kier molecular flexibility index (Phi) is 1.59. The van der Waals surface area contributed by atoms with Crippen LogP contribution in [0.5, 0.6) is 0 Å². The van der Waals surface area contributed by atoms with Crippen LogP contribution in [-0.2, 0) is 0 Å². The Balaban J connectivity index is 2.51. The van der Waals surface area contributed by atoms with Crippen LogP contribution in [0.1, 0.15) is 10.4 Å². The van der Waals surface area contributed by atoms with Gasteiger partial charge < -0.3 is 4.98 Å². The van der Waals surface area contributed by atoms with Gasteiger partial charge >= 0.3 is 0 Å². The van der Waals surface area contributed by atoms with Gasteiger partial charge in [0.05, 0.1) is 0 Å². The van der Waals surface area contributed by atoms with Gasteiger partial charge in [-0.2, -0.15) is 0 Å². The molecule has 0 spiro atoms. The summed E-state index contributed by atoms with van der Waals surface area (Å²) in [7, 11) is 0. The zero-order valence-electron chi connectivity index (χ0n) is 7.90. The third-order valence-electron chi connectivity index (χ3n) is 2.53. The number of nitrogens with one attached hydrogen (secondary N) is 1. The molecule has 3 rings (SSSR count). The molecule has 15 heavy (non-hydrogen) atoms. The first kappa shape index (κ1) is 8.17. The van der Waals surface area contributed by atoms with Gasteiger partial charge in [0.2, 0.25) is 0 Å². The summed E-state index contributed by atoms with van der Waals surface area (Å²) in [6.45, 7) is 0. The Bertz CT molecular complexity index is 655. The number of rotatable bonds is 1. The summed E-state index contributed by atoms with van der Waals surface area (Å²) in [5.41, 5.74) is 2.55. The highest BCUT2D eigenvalue weighted by atomic mass is 16.1. The molecular weight excluding hydrogens is 188 g/mol. The molecule has 1 aromatic carbocycles. The van der Waals surface area contributed by atoms with Crippen molar-refractivity contribution in [1.29, 1.82) is 0 Å². The number of aromatic amines is 1. The highest BCUT2D eigenvalue weighted by molar-refractivity contribution is 6.07. The molecular formula is C12H8N2O. The molecule has 3 heteroatoms. The summed E-state index contributed by atoms with van der Waals surface area (Å²) in [6, 6.07) is 9.47. The first-order valence-electron chi connectivity index (χ1n) is 4.70. The van der Waals surface area contributed by atoms with Crippen molar-refractivity contribution in [2.45, 2.75) is 0 Å². The number of hydrogen-bond donors (Lipinski definition) is 1. The quantitative estimate of drug-likeness (QED) is 0.608. The predicted molar refractivity (Wildman–Crippen MR) is 59.0 cm³/mol. The fraction of sp³-hybridized carbons (Fsp3) is 0. The topological polar surface area (TPSA) is 45.8 Å². The van der Waals surface area contributed by atoms with Crippen molar-refractivity contribution in [2.24, 2.45) is 0 Å². The predicted octanol–water partition coefficient (Wildman–Crippen LogP) is 2.53. The van der Waals surface area contributed by atoms with E-state index in [-0.39, 0.29) is 0 Å². The first-order chi connectivity index (χ1) is 7.38. The van der Waals surface area contributed by atoms with Crippen LogP contribution < -0.4 is 0 Å². The molecule has 72 valence electrons. The minimum absolute atomic E-state index is 0.687.